The molecule has 20 heavy (non-hydrogen) atoms. The quantitative estimate of drug-likeness (QED) is 0.488. The Morgan fingerprint density at radius 1 is 1.50 bits per heavy atom. The molecule has 0 atom stereocenters. The van der Waals surface area contributed by atoms with E-state index in [1.165, 1.54) is 23.4 Å². The molecule has 2 N–H and O–H groups in total. The fourth-order valence-corrected chi connectivity index (χ4v) is 1.53. The summed E-state index contributed by atoms with van der Waals surface area (Å²) in [7, 11) is 1.63. The van der Waals surface area contributed by atoms with Crippen LogP contribution in [0.2, 0.25) is 0 Å². The Labute approximate surface area is 117 Å². The predicted octanol–water partition coefficient (Wildman–Crippen LogP) is 1.65. The van der Waals surface area contributed by atoms with E-state index in [-0.39, 0.29) is 24.7 Å². The lowest BCUT2D eigenvalue weighted by atomic mass is 10.2. The summed E-state index contributed by atoms with van der Waals surface area (Å²) in [6.45, 7) is 2.17. The third-order valence-corrected chi connectivity index (χ3v) is 2.37. The van der Waals surface area contributed by atoms with Crippen LogP contribution in [0.1, 0.15) is 12.5 Å². The van der Waals surface area contributed by atoms with E-state index in [1.54, 1.807) is 32.2 Å². The van der Waals surface area contributed by atoms with E-state index < -0.39 is 5.97 Å². The first-order valence-corrected chi connectivity index (χ1v) is 6.17. The molecular formula is C14H18FN3O2. The zero-order valence-corrected chi connectivity index (χ0v) is 11.5. The van der Waals surface area contributed by atoms with Gasteiger partial charge in [0.15, 0.2) is 5.71 Å². The van der Waals surface area contributed by atoms with Crippen molar-refractivity contribution in [3.8, 4) is 0 Å². The van der Waals surface area contributed by atoms with Crippen LogP contribution < -0.4 is 5.73 Å². The molecule has 0 aliphatic heterocycles. The second-order valence-corrected chi connectivity index (χ2v) is 3.97. The van der Waals surface area contributed by atoms with Crippen LogP contribution >= 0.6 is 0 Å². The first-order chi connectivity index (χ1) is 9.58. The Bertz CT molecular complexity index is 515. The van der Waals surface area contributed by atoms with E-state index in [0.29, 0.717) is 5.56 Å². The Morgan fingerprint density at radius 3 is 2.80 bits per heavy atom. The van der Waals surface area contributed by atoms with Crippen molar-refractivity contribution in [3.05, 3.63) is 47.9 Å². The van der Waals surface area contributed by atoms with Crippen molar-refractivity contribution in [2.75, 3.05) is 13.7 Å². The van der Waals surface area contributed by atoms with E-state index in [2.05, 4.69) is 5.10 Å². The van der Waals surface area contributed by atoms with Crippen LogP contribution in [0.3, 0.4) is 0 Å². The normalized spacial score (nSPS) is 11.7. The molecule has 0 aliphatic rings. The molecule has 0 amide bonds. The second-order valence-electron chi connectivity index (χ2n) is 3.97. The number of hydrogen-bond donors (Lipinski definition) is 1. The van der Waals surface area contributed by atoms with Gasteiger partial charge in [-0.05, 0) is 25.3 Å². The van der Waals surface area contributed by atoms with Crippen LogP contribution in [0, 0.1) is 5.82 Å². The van der Waals surface area contributed by atoms with Crippen LogP contribution in [0.15, 0.2) is 41.6 Å². The van der Waals surface area contributed by atoms with Crippen molar-refractivity contribution in [1.29, 1.82) is 0 Å². The molecule has 5 nitrogen and oxygen atoms in total. The molecule has 0 saturated heterocycles. The Morgan fingerprint density at radius 2 is 2.20 bits per heavy atom. The van der Waals surface area contributed by atoms with E-state index in [9.17, 15) is 9.18 Å². The lowest BCUT2D eigenvalue weighted by molar-refractivity contribution is -0.135. The van der Waals surface area contributed by atoms with Gasteiger partial charge < -0.3 is 10.5 Å². The van der Waals surface area contributed by atoms with Crippen molar-refractivity contribution in [3.63, 3.8) is 0 Å². The van der Waals surface area contributed by atoms with Gasteiger partial charge in [0, 0.05) is 12.6 Å². The second kappa shape index (κ2) is 7.93. The Hall–Kier alpha value is -2.37. The van der Waals surface area contributed by atoms with E-state index in [0.717, 1.165) is 0 Å². The zero-order chi connectivity index (χ0) is 15.0. The number of nitrogens with zero attached hydrogens (tertiary/aromatic N) is 2. The van der Waals surface area contributed by atoms with E-state index >= 15 is 0 Å². The van der Waals surface area contributed by atoms with Crippen molar-refractivity contribution in [2.45, 2.75) is 13.5 Å². The molecule has 0 heterocycles. The lowest BCUT2D eigenvalue weighted by Gasteiger charge is -2.14. The molecule has 0 bridgehead atoms. The van der Waals surface area contributed by atoms with Gasteiger partial charge in [0.1, 0.15) is 5.82 Å². The molecule has 1 aromatic rings. The summed E-state index contributed by atoms with van der Waals surface area (Å²) in [6, 6.07) is 6.38. The van der Waals surface area contributed by atoms with Crippen LogP contribution in [0.25, 0.3) is 0 Å². The minimum absolute atomic E-state index is 0.0631. The van der Waals surface area contributed by atoms with Gasteiger partial charge in [-0.2, -0.15) is 5.10 Å². The molecule has 0 unspecified atom stereocenters. The van der Waals surface area contributed by atoms with Gasteiger partial charge in [0.25, 0.3) is 0 Å². The SMILES string of the molecule is CCOC(=O)C(/C=C/N)=N/N(C)Cc1ccccc1F. The van der Waals surface area contributed by atoms with Crippen molar-refractivity contribution >= 4 is 11.7 Å². The average molecular weight is 279 g/mol. The fraction of sp³-hybridized carbons (Fsp3) is 0.286. The van der Waals surface area contributed by atoms with Gasteiger partial charge in [0.05, 0.1) is 13.2 Å². The van der Waals surface area contributed by atoms with Gasteiger partial charge in [-0.15, -0.1) is 0 Å². The number of carbonyl (C=O) groups is 1. The van der Waals surface area contributed by atoms with Gasteiger partial charge >= 0.3 is 5.97 Å². The smallest absolute Gasteiger partial charge is 0.358 e. The number of nitrogens with two attached hydrogens (primary N) is 1. The van der Waals surface area contributed by atoms with Crippen LogP contribution in [0.4, 0.5) is 4.39 Å². The number of rotatable bonds is 6. The highest BCUT2D eigenvalue weighted by molar-refractivity contribution is 6.41. The number of hydrogen-bond acceptors (Lipinski definition) is 5. The first kappa shape index (κ1) is 15.7. The fourth-order valence-electron chi connectivity index (χ4n) is 1.53. The standard InChI is InChI=1S/C14H18FN3O2/c1-3-20-14(19)13(8-9-16)17-18(2)10-11-6-4-5-7-12(11)15/h4-9H,3,10,16H2,1-2H3/b9-8+,17-13+. The lowest BCUT2D eigenvalue weighted by Crippen LogP contribution is -2.21. The third-order valence-electron chi connectivity index (χ3n) is 2.37. The zero-order valence-electron chi connectivity index (χ0n) is 11.5. The summed E-state index contributed by atoms with van der Waals surface area (Å²) >= 11 is 0. The number of halogens is 1. The summed E-state index contributed by atoms with van der Waals surface area (Å²) in [5.74, 6) is -0.892. The monoisotopic (exact) mass is 279 g/mol. The maximum atomic E-state index is 13.5. The van der Waals surface area contributed by atoms with Crippen molar-refractivity contribution in [1.82, 2.24) is 5.01 Å². The maximum Gasteiger partial charge on any atom is 0.358 e. The molecule has 108 valence electrons. The molecule has 0 saturated carbocycles. The van der Waals surface area contributed by atoms with Gasteiger partial charge in [0.2, 0.25) is 0 Å². The maximum absolute atomic E-state index is 13.5. The number of carbonyl (C=O) groups excluding carboxylic acids is 1. The van der Waals surface area contributed by atoms with Crippen LogP contribution in [0.5, 0.6) is 0 Å². The molecule has 0 spiro atoms. The van der Waals surface area contributed by atoms with E-state index in [4.69, 9.17) is 10.5 Å². The highest BCUT2D eigenvalue weighted by Gasteiger charge is 2.11. The van der Waals surface area contributed by atoms with Crippen LogP contribution in [-0.2, 0) is 16.1 Å². The van der Waals surface area contributed by atoms with Gasteiger partial charge in [-0.3, -0.25) is 5.01 Å². The molecule has 1 rings (SSSR count). The molecule has 6 heteroatoms. The molecule has 0 fully saturated rings. The molecular weight excluding hydrogens is 261 g/mol. The molecule has 0 aromatic heterocycles. The minimum Gasteiger partial charge on any atom is -0.461 e. The number of benzene rings is 1. The molecule has 0 aliphatic carbocycles. The minimum atomic E-state index is -0.574. The average Bonchev–Trinajstić information content (AvgIpc) is 2.41. The summed E-state index contributed by atoms with van der Waals surface area (Å²) in [5.41, 5.74) is 5.82. The molecule has 1 aromatic carbocycles. The van der Waals surface area contributed by atoms with Gasteiger partial charge in [-0.1, -0.05) is 18.2 Å². The highest BCUT2D eigenvalue weighted by Crippen LogP contribution is 2.09. The van der Waals surface area contributed by atoms with Gasteiger partial charge in [-0.25, -0.2) is 9.18 Å². The summed E-state index contributed by atoms with van der Waals surface area (Å²) in [4.78, 5) is 11.6. The van der Waals surface area contributed by atoms with Crippen molar-refractivity contribution < 1.29 is 13.9 Å². The molecule has 0 radical (unpaired) electrons. The Kier molecular flexibility index (Phi) is 6.22. The summed E-state index contributed by atoms with van der Waals surface area (Å²) < 4.78 is 18.4. The predicted molar refractivity (Wildman–Crippen MR) is 75.3 cm³/mol. The number of esters is 1. The third kappa shape index (κ3) is 4.72. The summed E-state index contributed by atoms with van der Waals surface area (Å²) in [5, 5.41) is 5.51. The topological polar surface area (TPSA) is 67.9 Å². The largest absolute Gasteiger partial charge is 0.461 e. The summed E-state index contributed by atoms with van der Waals surface area (Å²) in [6.07, 6.45) is 2.54. The number of ether oxygens (including phenoxy) is 1. The van der Waals surface area contributed by atoms with Crippen molar-refractivity contribution in [2.24, 2.45) is 10.8 Å². The van der Waals surface area contributed by atoms with E-state index in [1.807, 2.05) is 0 Å². The van der Waals surface area contributed by atoms with Crippen LogP contribution in [-0.4, -0.2) is 30.3 Å². The first-order valence-electron chi connectivity index (χ1n) is 6.17. The Balaban J connectivity index is 2.83. The number of hydrazone groups is 1. The highest BCUT2D eigenvalue weighted by atomic mass is 19.1.